The van der Waals surface area contributed by atoms with Crippen LogP contribution in [0.1, 0.15) is 25.2 Å². The number of aromatic hydroxyl groups is 1. The Bertz CT molecular complexity index is 1090. The summed E-state index contributed by atoms with van der Waals surface area (Å²) in [6.07, 6.45) is 0. The maximum Gasteiger partial charge on any atom is 0.320 e. The number of fused-ring (bicyclic) bond motifs is 1. The Morgan fingerprint density at radius 1 is 1.17 bits per heavy atom. The van der Waals surface area contributed by atoms with Crippen LogP contribution in [0.3, 0.4) is 0 Å². The van der Waals surface area contributed by atoms with Crippen molar-refractivity contribution in [1.29, 1.82) is 0 Å². The van der Waals surface area contributed by atoms with E-state index in [9.17, 15) is 19.8 Å². The number of nitrogens with one attached hydrogen (secondary N) is 1. The first-order valence-electron chi connectivity index (χ1n) is 9.27. The summed E-state index contributed by atoms with van der Waals surface area (Å²) >= 11 is 0. The number of para-hydroxylation sites is 1. The fourth-order valence-corrected chi connectivity index (χ4v) is 3.11. The molecule has 0 spiro atoms. The van der Waals surface area contributed by atoms with Gasteiger partial charge in [-0.15, -0.1) is 0 Å². The first-order valence-corrected chi connectivity index (χ1v) is 9.27. The molecular weight excluding hydrogens is 374 g/mol. The predicted molar refractivity (Wildman–Crippen MR) is 109 cm³/mol. The number of benzene rings is 2. The summed E-state index contributed by atoms with van der Waals surface area (Å²) in [5, 5.41) is 22.8. The van der Waals surface area contributed by atoms with Crippen molar-refractivity contribution in [2.24, 2.45) is 5.92 Å². The molecule has 0 aliphatic heterocycles. The average molecular weight is 397 g/mol. The summed E-state index contributed by atoms with van der Waals surface area (Å²) < 4.78 is 11.6. The summed E-state index contributed by atoms with van der Waals surface area (Å²) in [6.45, 7) is 5.20. The molecule has 0 unspecified atom stereocenters. The number of rotatable bonds is 7. The van der Waals surface area contributed by atoms with Gasteiger partial charge in [-0.1, -0.05) is 32.0 Å². The van der Waals surface area contributed by atoms with Crippen molar-refractivity contribution >= 4 is 16.9 Å². The fraction of sp³-hybridized carbons (Fsp3) is 0.273. The van der Waals surface area contributed by atoms with E-state index >= 15 is 0 Å². The van der Waals surface area contributed by atoms with Crippen molar-refractivity contribution in [3.05, 3.63) is 64.0 Å². The highest BCUT2D eigenvalue weighted by Gasteiger charge is 2.23. The Hall–Kier alpha value is -3.32. The third kappa shape index (κ3) is 4.25. The predicted octanol–water partition coefficient (Wildman–Crippen LogP) is 3.80. The number of ether oxygens (including phenoxy) is 1. The van der Waals surface area contributed by atoms with Crippen LogP contribution >= 0.6 is 0 Å². The summed E-state index contributed by atoms with van der Waals surface area (Å²) in [4.78, 5) is 24.4. The molecule has 7 heteroatoms. The maximum atomic E-state index is 13.0. The molecule has 3 rings (SSSR count). The van der Waals surface area contributed by atoms with Gasteiger partial charge >= 0.3 is 5.97 Å². The second kappa shape index (κ2) is 8.36. The molecule has 0 fully saturated rings. The average Bonchev–Trinajstić information content (AvgIpc) is 2.67. The maximum absolute atomic E-state index is 13.0. The van der Waals surface area contributed by atoms with Gasteiger partial charge in [-0.2, -0.15) is 0 Å². The molecule has 7 nitrogen and oxygen atoms in total. The molecule has 0 aliphatic rings. The standard InChI is InChI=1S/C22H23NO6/c1-12(2)18(22(26)27)23-11-16-17(24)10-9-15-19(25)20(13(3)28-21(15)16)29-14-7-5-4-6-8-14/h4-10,12,18,23-24H,11H2,1-3H3,(H,26,27)/t18-/m1/s1. The molecule has 2 aromatic carbocycles. The molecule has 3 N–H and O–H groups in total. The molecule has 1 atom stereocenters. The van der Waals surface area contributed by atoms with E-state index in [2.05, 4.69) is 5.32 Å². The Morgan fingerprint density at radius 2 is 1.86 bits per heavy atom. The molecular formula is C22H23NO6. The molecule has 1 aromatic heterocycles. The van der Waals surface area contributed by atoms with Crippen molar-refractivity contribution in [2.45, 2.75) is 33.4 Å². The third-order valence-electron chi connectivity index (χ3n) is 4.66. The smallest absolute Gasteiger partial charge is 0.320 e. The fourth-order valence-electron chi connectivity index (χ4n) is 3.11. The van der Waals surface area contributed by atoms with Crippen molar-refractivity contribution in [1.82, 2.24) is 5.32 Å². The van der Waals surface area contributed by atoms with Gasteiger partial charge in [-0.3, -0.25) is 14.9 Å². The SMILES string of the molecule is Cc1oc2c(CN[C@@H](C(=O)O)C(C)C)c(O)ccc2c(=O)c1Oc1ccccc1. The topological polar surface area (TPSA) is 109 Å². The summed E-state index contributed by atoms with van der Waals surface area (Å²) in [6, 6.07) is 10.9. The van der Waals surface area contributed by atoms with E-state index in [1.165, 1.54) is 12.1 Å². The van der Waals surface area contributed by atoms with Gasteiger partial charge in [0.25, 0.3) is 0 Å². The van der Waals surface area contributed by atoms with Crippen LogP contribution in [0.25, 0.3) is 11.0 Å². The molecule has 3 aromatic rings. The first kappa shape index (κ1) is 20.4. The summed E-state index contributed by atoms with van der Waals surface area (Å²) in [7, 11) is 0. The Morgan fingerprint density at radius 3 is 2.48 bits per heavy atom. The summed E-state index contributed by atoms with van der Waals surface area (Å²) in [5.41, 5.74) is 0.154. The number of hydrogen-bond donors (Lipinski definition) is 3. The highest BCUT2D eigenvalue weighted by molar-refractivity contribution is 5.83. The van der Waals surface area contributed by atoms with E-state index in [1.807, 2.05) is 6.07 Å². The lowest BCUT2D eigenvalue weighted by Crippen LogP contribution is -2.40. The molecule has 0 amide bonds. The number of carbonyl (C=O) groups is 1. The minimum absolute atomic E-state index is 0.0274. The van der Waals surface area contributed by atoms with Crippen molar-refractivity contribution in [3.8, 4) is 17.2 Å². The van der Waals surface area contributed by atoms with Gasteiger partial charge in [0.2, 0.25) is 11.2 Å². The lowest BCUT2D eigenvalue weighted by molar-refractivity contribution is -0.140. The highest BCUT2D eigenvalue weighted by atomic mass is 16.5. The van der Waals surface area contributed by atoms with E-state index < -0.39 is 12.0 Å². The minimum atomic E-state index is -0.990. The van der Waals surface area contributed by atoms with Crippen molar-refractivity contribution in [2.75, 3.05) is 0 Å². The Balaban J connectivity index is 2.03. The summed E-state index contributed by atoms with van der Waals surface area (Å²) in [5.74, 6) is -0.405. The van der Waals surface area contributed by atoms with E-state index in [0.717, 1.165) is 0 Å². The molecule has 29 heavy (non-hydrogen) atoms. The number of phenols is 1. The number of carboxylic acids is 1. The van der Waals surface area contributed by atoms with Crippen LogP contribution in [0, 0.1) is 12.8 Å². The van der Waals surface area contributed by atoms with E-state index in [0.29, 0.717) is 11.3 Å². The van der Waals surface area contributed by atoms with Crippen LogP contribution in [0.15, 0.2) is 51.7 Å². The van der Waals surface area contributed by atoms with Gasteiger partial charge in [-0.05, 0) is 37.1 Å². The van der Waals surface area contributed by atoms with Crippen LogP contribution in [0.5, 0.6) is 17.2 Å². The first-order chi connectivity index (χ1) is 13.8. The number of aryl methyl sites for hydroxylation is 1. The van der Waals surface area contributed by atoms with Gasteiger partial charge in [-0.25, -0.2) is 0 Å². The van der Waals surface area contributed by atoms with Crippen LogP contribution in [0.4, 0.5) is 0 Å². The number of aliphatic carboxylic acids is 1. The molecule has 0 saturated carbocycles. The van der Waals surface area contributed by atoms with E-state index in [4.69, 9.17) is 9.15 Å². The van der Waals surface area contributed by atoms with E-state index in [1.54, 1.807) is 45.0 Å². The van der Waals surface area contributed by atoms with Crippen molar-refractivity contribution < 1.29 is 24.2 Å². The molecule has 0 bridgehead atoms. The van der Waals surface area contributed by atoms with Crippen LogP contribution in [0.2, 0.25) is 0 Å². The van der Waals surface area contributed by atoms with Gasteiger partial charge in [0.1, 0.15) is 28.9 Å². The lowest BCUT2D eigenvalue weighted by Gasteiger charge is -2.19. The van der Waals surface area contributed by atoms with Gasteiger partial charge in [0, 0.05) is 6.54 Å². The Labute approximate surface area is 167 Å². The number of phenolic OH excluding ortho intramolecular Hbond substituents is 1. The molecule has 0 radical (unpaired) electrons. The van der Waals surface area contributed by atoms with E-state index in [-0.39, 0.29) is 46.1 Å². The second-order valence-electron chi connectivity index (χ2n) is 7.11. The van der Waals surface area contributed by atoms with Gasteiger partial charge < -0.3 is 19.4 Å². The highest BCUT2D eigenvalue weighted by Crippen LogP contribution is 2.31. The lowest BCUT2D eigenvalue weighted by atomic mass is 10.0. The Kier molecular flexibility index (Phi) is 5.89. The van der Waals surface area contributed by atoms with Gasteiger partial charge in [0.05, 0.1) is 10.9 Å². The monoisotopic (exact) mass is 397 g/mol. The van der Waals surface area contributed by atoms with Crippen LogP contribution in [-0.4, -0.2) is 22.2 Å². The molecule has 0 aliphatic carbocycles. The third-order valence-corrected chi connectivity index (χ3v) is 4.66. The normalized spacial score (nSPS) is 12.3. The number of carboxylic acid groups (broad SMARTS) is 1. The van der Waals surface area contributed by atoms with Crippen LogP contribution < -0.4 is 15.5 Å². The zero-order valence-electron chi connectivity index (χ0n) is 16.4. The minimum Gasteiger partial charge on any atom is -0.507 e. The second-order valence-corrected chi connectivity index (χ2v) is 7.11. The zero-order chi connectivity index (χ0) is 21.1. The zero-order valence-corrected chi connectivity index (χ0v) is 16.4. The largest absolute Gasteiger partial charge is 0.507 e. The van der Waals surface area contributed by atoms with Gasteiger partial charge in [0.15, 0.2) is 0 Å². The number of hydrogen-bond acceptors (Lipinski definition) is 6. The molecule has 152 valence electrons. The van der Waals surface area contributed by atoms with Crippen molar-refractivity contribution in [3.63, 3.8) is 0 Å². The van der Waals surface area contributed by atoms with Crippen LogP contribution in [-0.2, 0) is 11.3 Å². The molecule has 1 heterocycles. The quantitative estimate of drug-likeness (QED) is 0.556. The molecule has 0 saturated heterocycles.